The number of aromatic nitrogens is 4. The Morgan fingerprint density at radius 1 is 0.848 bits per heavy atom. The highest BCUT2D eigenvalue weighted by atomic mass is 16.7. The maximum atomic E-state index is 13.9. The van der Waals surface area contributed by atoms with Crippen molar-refractivity contribution in [1.82, 2.24) is 30.7 Å². The number of carbonyl (C=O) groups is 3. The minimum Gasteiger partial charge on any atom is -0.497 e. The van der Waals surface area contributed by atoms with Crippen LogP contribution < -0.4 is 24.9 Å². The summed E-state index contributed by atoms with van der Waals surface area (Å²) in [5.74, 6) is -2.84. The largest absolute Gasteiger partial charge is 0.497 e. The van der Waals surface area contributed by atoms with Gasteiger partial charge in [0, 0.05) is 23.3 Å². The highest BCUT2D eigenvalue weighted by Gasteiger charge is 2.30. The summed E-state index contributed by atoms with van der Waals surface area (Å²) in [7, 11) is 3.03. The Bertz CT molecular complexity index is 1870. The van der Waals surface area contributed by atoms with Crippen LogP contribution in [0, 0.1) is 0 Å². The first-order chi connectivity index (χ1) is 22.1. The van der Waals surface area contributed by atoms with Crippen LogP contribution in [-0.2, 0) is 9.59 Å². The van der Waals surface area contributed by atoms with Crippen molar-refractivity contribution in [2.75, 3.05) is 20.8 Å². The normalized spacial score (nSPS) is 12.3. The van der Waals surface area contributed by atoms with Crippen molar-refractivity contribution in [3.05, 3.63) is 66.4 Å². The molecule has 0 fully saturated rings. The van der Waals surface area contributed by atoms with E-state index in [4.69, 9.17) is 18.9 Å². The Labute approximate surface area is 260 Å². The lowest BCUT2D eigenvalue weighted by Crippen LogP contribution is -2.53. The molecule has 0 saturated carbocycles. The number of pyridine rings is 1. The van der Waals surface area contributed by atoms with Gasteiger partial charge in [0.25, 0.3) is 5.91 Å². The topological polar surface area (TPSA) is 220 Å². The van der Waals surface area contributed by atoms with Gasteiger partial charge in [0.15, 0.2) is 5.52 Å². The van der Waals surface area contributed by atoms with E-state index in [1.54, 1.807) is 48.5 Å². The maximum Gasteiger partial charge on any atom is 0.354 e. The van der Waals surface area contributed by atoms with Gasteiger partial charge in [0.05, 0.1) is 20.8 Å². The number of hydrogen-bond donors (Lipinski definition) is 5. The molecule has 46 heavy (non-hydrogen) atoms. The zero-order chi connectivity index (χ0) is 33.0. The van der Waals surface area contributed by atoms with Crippen molar-refractivity contribution in [2.24, 2.45) is 0 Å². The molecule has 5 aromatic rings. The second kappa shape index (κ2) is 13.2. The fraction of sp³-hybridized carbons (Fsp3) is 0.200. The van der Waals surface area contributed by atoms with Crippen LogP contribution in [0.2, 0.25) is 0 Å². The van der Waals surface area contributed by atoms with Crippen LogP contribution >= 0.6 is 0 Å². The number of ether oxygens (including phenoxy) is 2. The first kappa shape index (κ1) is 31.3. The van der Waals surface area contributed by atoms with Gasteiger partial charge in [0.1, 0.15) is 40.5 Å². The average Bonchev–Trinajstić information content (AvgIpc) is 3.69. The van der Waals surface area contributed by atoms with Gasteiger partial charge in [-0.2, -0.15) is 0 Å². The number of methoxy groups -OCH3 is 2. The summed E-state index contributed by atoms with van der Waals surface area (Å²) in [6, 6.07) is 12.8. The molecular weight excluding hydrogens is 604 g/mol. The zero-order valence-corrected chi connectivity index (χ0v) is 24.6. The van der Waals surface area contributed by atoms with Crippen LogP contribution in [-0.4, -0.2) is 86.0 Å². The summed E-state index contributed by atoms with van der Waals surface area (Å²) in [6.45, 7) is 0.416. The molecule has 0 aliphatic carbocycles. The lowest BCUT2D eigenvalue weighted by Gasteiger charge is -2.20. The number of rotatable bonds is 11. The summed E-state index contributed by atoms with van der Waals surface area (Å²) in [5.41, 5.74) is 1.83. The Kier molecular flexibility index (Phi) is 8.99. The Morgan fingerprint density at radius 3 is 1.98 bits per heavy atom. The van der Waals surface area contributed by atoms with Crippen LogP contribution in [0.15, 0.2) is 65.3 Å². The van der Waals surface area contributed by atoms with Crippen LogP contribution in [0.3, 0.4) is 0 Å². The number of nitrogens with one attached hydrogen (secondary N) is 2. The molecule has 5 N–H and O–H groups in total. The quantitative estimate of drug-likeness (QED) is 0.139. The predicted octanol–water partition coefficient (Wildman–Crippen LogP) is 1.43. The van der Waals surface area contributed by atoms with Gasteiger partial charge >= 0.3 is 5.97 Å². The molecule has 0 saturated heterocycles. The summed E-state index contributed by atoms with van der Waals surface area (Å²) in [6.07, 6.45) is 0. The van der Waals surface area contributed by atoms with Crippen LogP contribution in [0.4, 0.5) is 0 Å². The molecule has 3 heterocycles. The van der Waals surface area contributed by atoms with Gasteiger partial charge in [0.2, 0.25) is 17.7 Å². The molecule has 2 atom stereocenters. The molecule has 0 radical (unpaired) electrons. The molecule has 2 unspecified atom stereocenters. The van der Waals surface area contributed by atoms with Gasteiger partial charge < -0.3 is 40.3 Å². The fourth-order valence-electron chi connectivity index (χ4n) is 4.44. The number of nitrogens with zero attached hydrogens (tertiary/aromatic N) is 4. The van der Waals surface area contributed by atoms with Gasteiger partial charge in [-0.25, -0.2) is 14.4 Å². The summed E-state index contributed by atoms with van der Waals surface area (Å²) < 4.78 is 16.0. The molecule has 238 valence electrons. The van der Waals surface area contributed by atoms with Crippen molar-refractivity contribution in [3.8, 4) is 45.6 Å². The standard InChI is InChI=1S/C30H28N6O10/c1-15(30(42)45-36-21(38)12-13-22(36)39)31-28(40)20(14-37)32-29(41)26-23(16-4-8-18(43-2)9-5-16)25-27(35-46-34-25)24(33-26)17-6-10-19(44-3)11-7-17/h4-13,15,20,37-39H,14H2,1-3H3,(H,31,40)(H,32,41). The van der Waals surface area contributed by atoms with Crippen molar-refractivity contribution in [2.45, 2.75) is 19.0 Å². The monoisotopic (exact) mass is 632 g/mol. The van der Waals surface area contributed by atoms with E-state index in [0.717, 1.165) is 12.1 Å². The van der Waals surface area contributed by atoms with Gasteiger partial charge in [-0.05, 0) is 59.2 Å². The SMILES string of the molecule is COc1ccc(-c2nc(C(=O)NC(CO)C(=O)NC(C)C(=O)On3c(O)ccc3O)c(-c3ccc(OC)cc3)c3nonc23)cc1. The van der Waals surface area contributed by atoms with Crippen molar-refractivity contribution >= 4 is 28.8 Å². The Hall–Kier alpha value is -6.16. The zero-order valence-electron chi connectivity index (χ0n) is 24.6. The average molecular weight is 633 g/mol. The molecular formula is C30H28N6O10. The summed E-state index contributed by atoms with van der Waals surface area (Å²) >= 11 is 0. The van der Waals surface area contributed by atoms with Gasteiger partial charge in [-0.1, -0.05) is 12.1 Å². The minimum absolute atomic E-state index is 0.170. The van der Waals surface area contributed by atoms with Gasteiger partial charge in [-0.3, -0.25) is 9.59 Å². The van der Waals surface area contributed by atoms with E-state index >= 15 is 0 Å². The third-order valence-electron chi connectivity index (χ3n) is 6.86. The van der Waals surface area contributed by atoms with Crippen molar-refractivity contribution in [1.29, 1.82) is 0 Å². The van der Waals surface area contributed by atoms with E-state index in [2.05, 4.69) is 25.9 Å². The summed E-state index contributed by atoms with van der Waals surface area (Å²) in [4.78, 5) is 48.9. The molecule has 0 aliphatic heterocycles. The highest BCUT2D eigenvalue weighted by Crippen LogP contribution is 2.36. The smallest absolute Gasteiger partial charge is 0.354 e. The number of amides is 2. The molecule has 3 aromatic heterocycles. The second-order valence-electron chi connectivity index (χ2n) is 9.80. The maximum absolute atomic E-state index is 13.9. The second-order valence-corrected chi connectivity index (χ2v) is 9.80. The number of fused-ring (bicyclic) bond motifs is 1. The van der Waals surface area contributed by atoms with Crippen molar-refractivity contribution < 1.29 is 48.6 Å². The molecule has 16 nitrogen and oxygen atoms in total. The van der Waals surface area contributed by atoms with E-state index in [9.17, 15) is 29.7 Å². The fourth-order valence-corrected chi connectivity index (χ4v) is 4.44. The number of aliphatic hydroxyl groups excluding tert-OH is 1. The van der Waals surface area contributed by atoms with E-state index in [0.29, 0.717) is 27.4 Å². The van der Waals surface area contributed by atoms with E-state index in [1.165, 1.54) is 21.1 Å². The Balaban J connectivity index is 1.47. The number of aliphatic hydroxyl groups is 1. The predicted molar refractivity (Wildman–Crippen MR) is 159 cm³/mol. The highest BCUT2D eigenvalue weighted by molar-refractivity contribution is 6.10. The van der Waals surface area contributed by atoms with Crippen molar-refractivity contribution in [3.63, 3.8) is 0 Å². The van der Waals surface area contributed by atoms with E-state index < -0.39 is 48.2 Å². The molecule has 0 bridgehead atoms. The molecule has 16 heteroatoms. The number of aromatic hydroxyl groups is 2. The number of hydrogen-bond acceptors (Lipinski definition) is 13. The molecule has 0 spiro atoms. The van der Waals surface area contributed by atoms with E-state index in [1.807, 2.05) is 0 Å². The minimum atomic E-state index is -1.54. The van der Waals surface area contributed by atoms with Crippen LogP contribution in [0.1, 0.15) is 17.4 Å². The molecule has 2 amide bonds. The van der Waals surface area contributed by atoms with E-state index in [-0.39, 0.29) is 28.0 Å². The first-order valence-corrected chi connectivity index (χ1v) is 13.6. The lowest BCUT2D eigenvalue weighted by molar-refractivity contribution is -0.149. The molecule has 2 aromatic carbocycles. The van der Waals surface area contributed by atoms with Gasteiger partial charge in [-0.15, -0.1) is 4.73 Å². The van der Waals surface area contributed by atoms with Crippen LogP contribution in [0.5, 0.6) is 23.3 Å². The number of carbonyl (C=O) groups excluding carboxylic acids is 3. The third kappa shape index (κ3) is 6.22. The summed E-state index contributed by atoms with van der Waals surface area (Å²) in [5, 5.41) is 42.3. The molecule has 5 rings (SSSR count). The van der Waals surface area contributed by atoms with Crippen LogP contribution in [0.25, 0.3) is 33.4 Å². The first-order valence-electron chi connectivity index (χ1n) is 13.6. The molecule has 0 aliphatic rings. The Morgan fingerprint density at radius 2 is 1.41 bits per heavy atom. The lowest BCUT2D eigenvalue weighted by atomic mass is 9.98. The number of benzene rings is 2. The third-order valence-corrected chi connectivity index (χ3v) is 6.86.